The molecule has 33 heavy (non-hydrogen) atoms. The van der Waals surface area contributed by atoms with E-state index in [0.717, 1.165) is 0 Å². The van der Waals surface area contributed by atoms with E-state index in [0.29, 0.717) is 0 Å². The Morgan fingerprint density at radius 1 is 0.606 bits per heavy atom. The fourth-order valence-electron chi connectivity index (χ4n) is 3.67. The minimum atomic E-state index is -5.84. The number of nitrogens with zero attached hydrogens (tertiary/aromatic N) is 1. The van der Waals surface area contributed by atoms with Crippen LogP contribution in [0.5, 0.6) is 0 Å². The molecule has 0 fully saturated rings. The third kappa shape index (κ3) is 5.47. The van der Waals surface area contributed by atoms with E-state index in [4.69, 9.17) is 13.0 Å². The van der Waals surface area contributed by atoms with Gasteiger partial charge in [0.15, 0.2) is 0 Å². The average Bonchev–Trinajstić information content (AvgIpc) is 2.82. The Balaban J connectivity index is 0.000000331. The number of rotatable bonds is 4. The number of benzene rings is 3. The zero-order valence-electron chi connectivity index (χ0n) is 17.2. The van der Waals surface area contributed by atoms with E-state index in [1.54, 1.807) is 0 Å². The summed E-state index contributed by atoms with van der Waals surface area (Å²) in [6.07, 6.45) is 3.82. The molecule has 0 bridgehead atoms. The van der Waals surface area contributed by atoms with Gasteiger partial charge in [-0.2, -0.15) is 21.6 Å². The van der Waals surface area contributed by atoms with Crippen molar-refractivity contribution in [3.63, 3.8) is 0 Å². The molecule has 0 aliphatic rings. The quantitative estimate of drug-likeness (QED) is 0.268. The fourth-order valence-corrected chi connectivity index (χ4v) is 8.39. The molecule has 1 heterocycles. The van der Waals surface area contributed by atoms with Crippen LogP contribution in [0.3, 0.4) is 0 Å². The molecule has 4 nitrogen and oxygen atoms in total. The fraction of sp³-hybridized carbons (Fsp3) is 0.0417. The summed E-state index contributed by atoms with van der Waals surface area (Å²) in [5.74, 6) is 0. The maximum absolute atomic E-state index is 10.7. The molecule has 0 saturated carbocycles. The molecule has 0 amide bonds. The Kier molecular flexibility index (Phi) is 7.64. The van der Waals surface area contributed by atoms with E-state index < -0.39 is 22.9 Å². The summed E-state index contributed by atoms with van der Waals surface area (Å²) in [6.45, 7) is 0. The van der Waals surface area contributed by atoms with Gasteiger partial charge in [-0.25, -0.2) is 0 Å². The predicted molar refractivity (Wildman–Crippen MR) is 128 cm³/mol. The standard InChI is InChI=1S/C23H20NP.CHF3O3S/c1-4-10-20(11-5-1)25(21-12-6-2-7-13-21,22-14-8-3-9-15-22)23-16-18-24-19-17-23;2-1(3,4)8(5,6)7/h1-19,25H;(H,5,6,7). The molecule has 1 aromatic heterocycles. The molecule has 172 valence electrons. The van der Waals surface area contributed by atoms with Crippen molar-refractivity contribution in [1.82, 2.24) is 4.98 Å². The predicted octanol–water partition coefficient (Wildman–Crippen LogP) is 3.83. The Labute approximate surface area is 190 Å². The van der Waals surface area contributed by atoms with Gasteiger partial charge in [-0.05, 0) is 0 Å². The van der Waals surface area contributed by atoms with Crippen molar-refractivity contribution in [2.24, 2.45) is 0 Å². The van der Waals surface area contributed by atoms with Gasteiger partial charge in [-0.3, -0.25) is 4.55 Å². The Hall–Kier alpha value is -3.06. The van der Waals surface area contributed by atoms with E-state index in [-0.39, 0.29) is 0 Å². The van der Waals surface area contributed by atoms with Crippen molar-refractivity contribution in [2.45, 2.75) is 5.51 Å². The van der Waals surface area contributed by atoms with Crippen LogP contribution in [0.4, 0.5) is 13.2 Å². The summed E-state index contributed by atoms with van der Waals surface area (Å²) < 4.78 is 57.5. The van der Waals surface area contributed by atoms with Crippen LogP contribution in [0.25, 0.3) is 0 Å². The first-order valence-electron chi connectivity index (χ1n) is 9.78. The number of pyridine rings is 1. The molecule has 0 aliphatic carbocycles. The van der Waals surface area contributed by atoms with Crippen LogP contribution >= 0.6 is 7.26 Å². The van der Waals surface area contributed by atoms with Gasteiger partial charge in [-0.1, -0.05) is 0 Å². The minimum absolute atomic E-state index is 1.35. The Morgan fingerprint density at radius 2 is 0.879 bits per heavy atom. The first kappa shape index (κ1) is 24.6. The van der Waals surface area contributed by atoms with Gasteiger partial charge in [0.1, 0.15) is 0 Å². The monoisotopic (exact) mass is 491 g/mol. The molecule has 3 aromatic carbocycles. The first-order valence-corrected chi connectivity index (χ1v) is 13.2. The number of halogens is 3. The number of alkyl halides is 3. The summed E-state index contributed by atoms with van der Waals surface area (Å²) in [7, 11) is -8.18. The second kappa shape index (κ2) is 10.3. The van der Waals surface area contributed by atoms with Gasteiger partial charge in [0.2, 0.25) is 0 Å². The second-order valence-electron chi connectivity index (χ2n) is 7.00. The Bertz CT molecular complexity index is 1090. The van der Waals surface area contributed by atoms with Crippen molar-refractivity contribution >= 4 is 38.6 Å². The summed E-state index contributed by atoms with van der Waals surface area (Å²) in [4.78, 5) is 4.26. The van der Waals surface area contributed by atoms with Gasteiger partial charge in [0.05, 0.1) is 0 Å². The van der Waals surface area contributed by atoms with E-state index in [1.165, 1.54) is 21.2 Å². The van der Waals surface area contributed by atoms with Gasteiger partial charge in [-0.15, -0.1) is 0 Å². The van der Waals surface area contributed by atoms with Crippen molar-refractivity contribution < 1.29 is 26.1 Å². The number of hydrogen-bond donors (Lipinski definition) is 1. The van der Waals surface area contributed by atoms with Gasteiger partial charge in [0.25, 0.3) is 0 Å². The van der Waals surface area contributed by atoms with Gasteiger partial charge in [0, 0.05) is 0 Å². The Morgan fingerprint density at radius 3 is 1.15 bits per heavy atom. The number of aromatic nitrogens is 1. The van der Waals surface area contributed by atoms with Crippen LogP contribution in [0.2, 0.25) is 0 Å². The molecule has 1 N–H and O–H groups in total. The van der Waals surface area contributed by atoms with Crippen molar-refractivity contribution in [2.75, 3.05) is 0 Å². The normalized spacial score (nSPS) is 12.4. The van der Waals surface area contributed by atoms with Crippen LogP contribution in [0.1, 0.15) is 0 Å². The molecule has 0 spiro atoms. The summed E-state index contributed by atoms with van der Waals surface area (Å²) >= 11 is 0. The SMILES string of the molecule is O=S(=O)(O)C(F)(F)F.c1ccc([PH](c2ccccc2)(c2ccccc2)c2ccncc2)cc1. The molecule has 4 aromatic rings. The second-order valence-corrected chi connectivity index (χ2v) is 12.2. The molecule has 0 saturated heterocycles. The third-order valence-corrected chi connectivity index (χ3v) is 10.4. The van der Waals surface area contributed by atoms with Crippen molar-refractivity contribution in [1.29, 1.82) is 0 Å². The molecular formula is C24H21F3NO3PS. The topological polar surface area (TPSA) is 67.3 Å². The first-order chi connectivity index (χ1) is 15.7. The van der Waals surface area contributed by atoms with Crippen LogP contribution in [0.15, 0.2) is 116 Å². The van der Waals surface area contributed by atoms with Crippen LogP contribution in [0, 0.1) is 0 Å². The summed E-state index contributed by atoms with van der Waals surface area (Å²) in [5.41, 5.74) is -5.53. The zero-order chi connectivity index (χ0) is 24.0. The molecule has 9 heteroatoms. The van der Waals surface area contributed by atoms with E-state index in [1.807, 2.05) is 12.4 Å². The maximum atomic E-state index is 10.7. The van der Waals surface area contributed by atoms with Crippen molar-refractivity contribution in [3.8, 4) is 0 Å². The molecule has 0 radical (unpaired) electrons. The molecule has 4 rings (SSSR count). The van der Waals surface area contributed by atoms with E-state index >= 15 is 0 Å². The summed E-state index contributed by atoms with van der Waals surface area (Å²) in [6, 6.07) is 37.1. The van der Waals surface area contributed by atoms with Crippen LogP contribution in [-0.2, 0) is 10.1 Å². The molecule has 0 aliphatic heterocycles. The van der Waals surface area contributed by atoms with E-state index in [2.05, 4.69) is 108 Å². The molecular weight excluding hydrogens is 470 g/mol. The number of hydrogen-bond acceptors (Lipinski definition) is 3. The third-order valence-electron chi connectivity index (χ3n) is 5.03. The van der Waals surface area contributed by atoms with Crippen LogP contribution in [-0.4, -0.2) is 23.5 Å². The van der Waals surface area contributed by atoms with Crippen LogP contribution < -0.4 is 21.2 Å². The zero-order valence-corrected chi connectivity index (χ0v) is 19.0. The molecule has 0 atom stereocenters. The van der Waals surface area contributed by atoms with Gasteiger partial charge < -0.3 is 0 Å². The van der Waals surface area contributed by atoms with Gasteiger partial charge >= 0.3 is 165 Å². The van der Waals surface area contributed by atoms with E-state index in [9.17, 15) is 13.2 Å². The summed E-state index contributed by atoms with van der Waals surface area (Å²) in [5, 5.41) is 5.52. The molecule has 0 unspecified atom stereocenters. The van der Waals surface area contributed by atoms with Crippen molar-refractivity contribution in [3.05, 3.63) is 116 Å². The average molecular weight is 491 g/mol.